The summed E-state index contributed by atoms with van der Waals surface area (Å²) in [5.41, 5.74) is -0.105. The summed E-state index contributed by atoms with van der Waals surface area (Å²) in [6.45, 7) is 3.41. The Morgan fingerprint density at radius 2 is 1.53 bits per heavy atom. The molecule has 0 spiro atoms. The number of benzene rings is 3. The highest BCUT2D eigenvalue weighted by Crippen LogP contribution is 2.34. The predicted octanol–water partition coefficient (Wildman–Crippen LogP) is 5.94. The molecule has 6 nitrogen and oxygen atoms in total. The first-order valence-corrected chi connectivity index (χ1v) is 11.2. The normalized spacial score (nSPS) is 14.2. The predicted molar refractivity (Wildman–Crippen MR) is 128 cm³/mol. The van der Waals surface area contributed by atoms with E-state index in [1.807, 2.05) is 0 Å². The van der Waals surface area contributed by atoms with Crippen molar-refractivity contribution in [1.82, 2.24) is 0 Å². The van der Waals surface area contributed by atoms with Gasteiger partial charge in [0.2, 0.25) is 5.82 Å². The van der Waals surface area contributed by atoms with Gasteiger partial charge in [-0.25, -0.2) is 26.7 Å². The molecule has 11 heteroatoms. The molecule has 4 rings (SSSR count). The molecule has 38 heavy (non-hydrogen) atoms. The van der Waals surface area contributed by atoms with Crippen molar-refractivity contribution < 1.29 is 41.0 Å². The lowest BCUT2D eigenvalue weighted by Crippen LogP contribution is -2.25. The molecule has 0 fully saturated rings. The summed E-state index contributed by atoms with van der Waals surface area (Å²) in [6, 6.07) is 13.1. The van der Waals surface area contributed by atoms with E-state index in [0.29, 0.717) is 16.9 Å². The van der Waals surface area contributed by atoms with E-state index < -0.39 is 46.6 Å². The first-order chi connectivity index (χ1) is 18.1. The summed E-state index contributed by atoms with van der Waals surface area (Å²) in [5, 5.41) is 3.87. The molecule has 0 aromatic heterocycles. The first kappa shape index (κ1) is 26.5. The Morgan fingerprint density at radius 1 is 0.921 bits per heavy atom. The van der Waals surface area contributed by atoms with E-state index >= 15 is 0 Å². The fraction of sp³-hybridized carbons (Fsp3) is 0.148. The summed E-state index contributed by atoms with van der Waals surface area (Å²) in [6.07, 6.45) is 1.34. The molecule has 0 aliphatic carbocycles. The van der Waals surface area contributed by atoms with Crippen molar-refractivity contribution in [1.29, 1.82) is 0 Å². The molecule has 0 N–H and O–H groups in total. The molecule has 0 saturated carbocycles. The average Bonchev–Trinajstić information content (AvgIpc) is 3.19. The SMILES string of the molecule is CCOC(=O)c1ccc(COc2ccccc2/C=C2\C(=O)N(c3c(F)c(F)c(F)c(F)c3F)N=C2C)cc1. The molecule has 1 heterocycles. The second-order valence-corrected chi connectivity index (χ2v) is 8.02. The van der Waals surface area contributed by atoms with Gasteiger partial charge in [0.1, 0.15) is 18.0 Å². The van der Waals surface area contributed by atoms with Gasteiger partial charge in [-0.3, -0.25) is 4.79 Å². The van der Waals surface area contributed by atoms with Crippen molar-refractivity contribution in [2.24, 2.45) is 5.10 Å². The van der Waals surface area contributed by atoms with Crippen molar-refractivity contribution in [3.05, 3.63) is 99.9 Å². The van der Waals surface area contributed by atoms with Crippen LogP contribution in [0.15, 0.2) is 59.2 Å². The lowest BCUT2D eigenvalue weighted by Gasteiger charge is -2.15. The van der Waals surface area contributed by atoms with E-state index in [0.717, 1.165) is 5.56 Å². The smallest absolute Gasteiger partial charge is 0.338 e. The van der Waals surface area contributed by atoms with Gasteiger partial charge in [0, 0.05) is 5.56 Å². The third-order valence-electron chi connectivity index (χ3n) is 5.54. The molecule has 0 unspecified atom stereocenters. The Bertz CT molecular complexity index is 1460. The fourth-order valence-electron chi connectivity index (χ4n) is 3.61. The molecule has 0 saturated heterocycles. The summed E-state index contributed by atoms with van der Waals surface area (Å²) in [5.74, 6) is -12.3. The van der Waals surface area contributed by atoms with Crippen molar-refractivity contribution in [2.75, 3.05) is 11.6 Å². The molecule has 1 aliphatic rings. The number of carbonyl (C=O) groups excluding carboxylic acids is 2. The Hall–Kier alpha value is -4.54. The summed E-state index contributed by atoms with van der Waals surface area (Å²) < 4.78 is 80.2. The molecule has 0 atom stereocenters. The fourth-order valence-corrected chi connectivity index (χ4v) is 3.61. The highest BCUT2D eigenvalue weighted by atomic mass is 19.2. The molecule has 0 radical (unpaired) electrons. The number of anilines is 1. The molecule has 3 aromatic rings. The summed E-state index contributed by atoms with van der Waals surface area (Å²) in [4.78, 5) is 24.8. The van der Waals surface area contributed by atoms with E-state index in [9.17, 15) is 31.5 Å². The van der Waals surface area contributed by atoms with E-state index in [1.165, 1.54) is 13.0 Å². The van der Waals surface area contributed by atoms with Crippen molar-refractivity contribution in [3.63, 3.8) is 0 Å². The summed E-state index contributed by atoms with van der Waals surface area (Å²) in [7, 11) is 0. The largest absolute Gasteiger partial charge is 0.488 e. The topological polar surface area (TPSA) is 68.2 Å². The van der Waals surface area contributed by atoms with E-state index in [1.54, 1.807) is 55.5 Å². The Morgan fingerprint density at radius 3 is 2.16 bits per heavy atom. The van der Waals surface area contributed by atoms with Gasteiger partial charge >= 0.3 is 5.97 Å². The lowest BCUT2D eigenvalue weighted by molar-refractivity contribution is -0.114. The third-order valence-corrected chi connectivity index (χ3v) is 5.54. The van der Waals surface area contributed by atoms with Crippen LogP contribution in [-0.2, 0) is 16.1 Å². The molecular weight excluding hydrogens is 511 g/mol. The molecule has 0 bridgehead atoms. The van der Waals surface area contributed by atoms with Gasteiger partial charge in [-0.2, -0.15) is 10.1 Å². The van der Waals surface area contributed by atoms with Crippen LogP contribution in [0.5, 0.6) is 5.75 Å². The number of hydrogen-bond donors (Lipinski definition) is 0. The van der Waals surface area contributed by atoms with E-state index in [4.69, 9.17) is 9.47 Å². The highest BCUT2D eigenvalue weighted by Gasteiger charge is 2.37. The molecule has 1 aliphatic heterocycles. The van der Waals surface area contributed by atoms with Gasteiger partial charge in [-0.05, 0) is 43.7 Å². The minimum absolute atomic E-state index is 0.0108. The minimum atomic E-state index is -2.34. The monoisotopic (exact) mass is 530 g/mol. The number of rotatable bonds is 7. The zero-order chi connectivity index (χ0) is 27.6. The maximum absolute atomic E-state index is 14.3. The Labute approximate surface area is 213 Å². The average molecular weight is 530 g/mol. The number of ether oxygens (including phenoxy) is 2. The standard InChI is InChI=1S/C27H19F5N2O4/c1-3-37-27(36)16-10-8-15(9-11-16)13-38-19-7-5-4-6-17(19)12-18-14(2)33-34(26(18)35)25-23(31)21(29)20(28)22(30)24(25)32/h4-12H,3,13H2,1-2H3/b18-12-. The van der Waals surface area contributed by atoms with Crippen molar-refractivity contribution in [2.45, 2.75) is 20.5 Å². The number of hydrogen-bond acceptors (Lipinski definition) is 5. The number of amides is 1. The number of esters is 1. The van der Waals surface area contributed by atoms with Gasteiger partial charge < -0.3 is 9.47 Å². The maximum Gasteiger partial charge on any atom is 0.338 e. The zero-order valence-corrected chi connectivity index (χ0v) is 20.0. The minimum Gasteiger partial charge on any atom is -0.488 e. The van der Waals surface area contributed by atoms with Crippen molar-refractivity contribution >= 4 is 29.4 Å². The number of nitrogens with zero attached hydrogens (tertiary/aromatic N) is 2. The number of hydrazone groups is 1. The molecule has 1 amide bonds. The van der Waals surface area contributed by atoms with Crippen LogP contribution in [0, 0.1) is 29.1 Å². The van der Waals surface area contributed by atoms with Crippen LogP contribution in [0.25, 0.3) is 6.08 Å². The van der Waals surface area contributed by atoms with Gasteiger partial charge in [0.05, 0.1) is 23.5 Å². The maximum atomic E-state index is 14.3. The van der Waals surface area contributed by atoms with E-state index in [2.05, 4.69) is 5.10 Å². The first-order valence-electron chi connectivity index (χ1n) is 11.2. The number of halogens is 5. The number of carbonyl (C=O) groups is 2. The van der Waals surface area contributed by atoms with Crippen LogP contribution in [-0.4, -0.2) is 24.2 Å². The third kappa shape index (κ3) is 4.99. The van der Waals surface area contributed by atoms with Gasteiger partial charge in [-0.1, -0.05) is 30.3 Å². The van der Waals surface area contributed by atoms with Gasteiger partial charge in [0.15, 0.2) is 23.3 Å². The Kier molecular flexibility index (Phi) is 7.56. The second kappa shape index (κ2) is 10.8. The van der Waals surface area contributed by atoms with Crippen LogP contribution >= 0.6 is 0 Å². The van der Waals surface area contributed by atoms with Crippen molar-refractivity contribution in [3.8, 4) is 5.75 Å². The number of para-hydroxylation sites is 1. The van der Waals surface area contributed by atoms with Gasteiger partial charge in [-0.15, -0.1) is 0 Å². The molecule has 196 valence electrons. The second-order valence-electron chi connectivity index (χ2n) is 8.02. The zero-order valence-electron chi connectivity index (χ0n) is 20.0. The summed E-state index contributed by atoms with van der Waals surface area (Å²) >= 11 is 0. The highest BCUT2D eigenvalue weighted by molar-refractivity contribution is 6.32. The van der Waals surface area contributed by atoms with E-state index in [-0.39, 0.29) is 29.5 Å². The molecular formula is C27H19F5N2O4. The van der Waals surface area contributed by atoms with Crippen LogP contribution in [0.3, 0.4) is 0 Å². The van der Waals surface area contributed by atoms with Crippen LogP contribution in [0.2, 0.25) is 0 Å². The Balaban J connectivity index is 1.58. The van der Waals surface area contributed by atoms with Crippen LogP contribution < -0.4 is 9.75 Å². The quantitative estimate of drug-likeness (QED) is 0.125. The van der Waals surface area contributed by atoms with Gasteiger partial charge in [0.25, 0.3) is 5.91 Å². The van der Waals surface area contributed by atoms with Crippen LogP contribution in [0.4, 0.5) is 27.6 Å². The molecule has 3 aromatic carbocycles. The lowest BCUT2D eigenvalue weighted by atomic mass is 10.1. The van der Waals surface area contributed by atoms with Crippen LogP contribution in [0.1, 0.15) is 35.3 Å².